The minimum Gasteiger partial charge on any atom is -0.481 e. The van der Waals surface area contributed by atoms with Crippen molar-refractivity contribution in [1.29, 1.82) is 0 Å². The van der Waals surface area contributed by atoms with Crippen LogP contribution in [0.3, 0.4) is 0 Å². The summed E-state index contributed by atoms with van der Waals surface area (Å²) < 4.78 is 28.7. The van der Waals surface area contributed by atoms with Gasteiger partial charge in [0.2, 0.25) is 0 Å². The number of aliphatic carboxylic acids is 1. The number of benzene rings is 2. The molecule has 1 N–H and O–H groups in total. The van der Waals surface area contributed by atoms with Crippen LogP contribution in [0.1, 0.15) is 18.5 Å². The molecule has 6 nitrogen and oxygen atoms in total. The second-order valence-electron chi connectivity index (χ2n) is 6.69. The minimum absolute atomic E-state index is 0.0435. The zero-order valence-electron chi connectivity index (χ0n) is 15.2. The fourth-order valence-corrected chi connectivity index (χ4v) is 5.40. The van der Waals surface area contributed by atoms with Crippen LogP contribution in [0, 0.1) is 0 Å². The van der Waals surface area contributed by atoms with E-state index in [0.717, 1.165) is 5.39 Å². The quantitative estimate of drug-likeness (QED) is 0.488. The number of nitrogens with zero attached hydrogens (tertiary/aromatic N) is 2. The number of hydrogen-bond acceptors (Lipinski definition) is 4. The second-order valence-corrected chi connectivity index (χ2v) is 8.88. The summed E-state index contributed by atoms with van der Waals surface area (Å²) >= 11 is 6.09. The lowest BCUT2D eigenvalue weighted by molar-refractivity contribution is -0.137. The van der Waals surface area contributed by atoms with E-state index in [4.69, 9.17) is 16.7 Å². The van der Waals surface area contributed by atoms with Gasteiger partial charge in [-0.15, -0.1) is 0 Å². The van der Waals surface area contributed by atoms with Crippen LogP contribution >= 0.6 is 11.6 Å². The van der Waals surface area contributed by atoms with Gasteiger partial charge in [0.25, 0.3) is 10.0 Å². The Morgan fingerprint density at radius 2 is 1.86 bits per heavy atom. The lowest BCUT2D eigenvalue weighted by Gasteiger charge is -2.13. The summed E-state index contributed by atoms with van der Waals surface area (Å²) in [5.74, 6) is -0.920. The molecular weight excluding hydrogens is 412 g/mol. The van der Waals surface area contributed by atoms with Crippen LogP contribution in [0.2, 0.25) is 5.02 Å². The normalized spacial score (nSPS) is 11.9. The van der Waals surface area contributed by atoms with Crippen molar-refractivity contribution in [2.24, 2.45) is 0 Å². The number of carboxylic acids is 1. The molecule has 148 valence electrons. The second kappa shape index (κ2) is 7.50. The fourth-order valence-electron chi connectivity index (χ4n) is 3.48. The highest BCUT2D eigenvalue weighted by Gasteiger charge is 2.25. The Hall–Kier alpha value is -2.90. The minimum atomic E-state index is -3.98. The molecule has 0 fully saturated rings. The predicted molar refractivity (Wildman–Crippen MR) is 112 cm³/mol. The summed E-state index contributed by atoms with van der Waals surface area (Å²) in [7, 11) is -3.98. The van der Waals surface area contributed by atoms with Crippen LogP contribution in [0.4, 0.5) is 0 Å². The molecule has 4 aromatic rings. The molecule has 0 atom stereocenters. The third-order valence-electron chi connectivity index (χ3n) is 4.73. The highest BCUT2D eigenvalue weighted by atomic mass is 35.5. The van der Waals surface area contributed by atoms with Crippen LogP contribution in [0.25, 0.3) is 21.8 Å². The van der Waals surface area contributed by atoms with Gasteiger partial charge in [0.1, 0.15) is 4.90 Å². The molecular formula is C21H17ClN2O4S. The predicted octanol–water partition coefficient (Wildman–Crippen LogP) is 4.49. The average molecular weight is 429 g/mol. The average Bonchev–Trinajstić information content (AvgIpc) is 3.05. The van der Waals surface area contributed by atoms with Gasteiger partial charge in [-0.3, -0.25) is 9.78 Å². The topological polar surface area (TPSA) is 89.3 Å². The standard InChI is InChI=1S/C21H17ClN2O4S/c22-16-9-10-18-15(12-16)13-17(6-2-8-20(25)26)24(18)29(27,28)19-7-1-4-14-5-3-11-23-21(14)19/h1,3-5,7,9-13H,2,6,8H2,(H,25,26). The van der Waals surface area contributed by atoms with Crippen molar-refractivity contribution in [3.8, 4) is 0 Å². The number of halogens is 1. The first-order valence-corrected chi connectivity index (χ1v) is 10.8. The van der Waals surface area contributed by atoms with Gasteiger partial charge < -0.3 is 5.11 Å². The molecule has 2 aromatic heterocycles. The first-order chi connectivity index (χ1) is 13.9. The SMILES string of the molecule is O=C(O)CCCc1cc2cc(Cl)ccc2n1S(=O)(=O)c1cccc2cccnc12. The van der Waals surface area contributed by atoms with Gasteiger partial charge in [-0.05, 0) is 49.2 Å². The van der Waals surface area contributed by atoms with Gasteiger partial charge in [0, 0.05) is 34.1 Å². The number of fused-ring (bicyclic) bond motifs is 2. The third kappa shape index (κ3) is 3.59. The Morgan fingerprint density at radius 1 is 1.07 bits per heavy atom. The van der Waals surface area contributed by atoms with Crippen molar-refractivity contribution < 1.29 is 18.3 Å². The molecule has 8 heteroatoms. The van der Waals surface area contributed by atoms with Crippen molar-refractivity contribution in [2.45, 2.75) is 24.2 Å². The molecule has 0 saturated heterocycles. The first-order valence-electron chi connectivity index (χ1n) is 8.99. The van der Waals surface area contributed by atoms with E-state index < -0.39 is 16.0 Å². The van der Waals surface area contributed by atoms with Crippen LogP contribution in [0.5, 0.6) is 0 Å². The van der Waals surface area contributed by atoms with Gasteiger partial charge in [-0.2, -0.15) is 0 Å². The summed E-state index contributed by atoms with van der Waals surface area (Å²) in [5.41, 5.74) is 1.39. The molecule has 0 amide bonds. The third-order valence-corrected chi connectivity index (χ3v) is 6.76. The number of hydrogen-bond donors (Lipinski definition) is 1. The lowest BCUT2D eigenvalue weighted by Crippen LogP contribution is -2.16. The van der Waals surface area contributed by atoms with Crippen molar-refractivity contribution in [3.63, 3.8) is 0 Å². The van der Waals surface area contributed by atoms with E-state index in [2.05, 4.69) is 4.98 Å². The Morgan fingerprint density at radius 3 is 2.66 bits per heavy atom. The number of aromatic nitrogens is 2. The van der Waals surface area contributed by atoms with E-state index in [1.54, 1.807) is 42.6 Å². The molecule has 2 aromatic carbocycles. The molecule has 0 aliphatic carbocycles. The summed E-state index contributed by atoms with van der Waals surface area (Å²) in [4.78, 5) is 15.3. The largest absolute Gasteiger partial charge is 0.481 e. The highest BCUT2D eigenvalue weighted by Crippen LogP contribution is 2.31. The summed E-state index contributed by atoms with van der Waals surface area (Å²) in [5, 5.41) is 10.8. The molecule has 0 aliphatic rings. The van der Waals surface area contributed by atoms with E-state index in [9.17, 15) is 13.2 Å². The Balaban J connectivity index is 1.94. The van der Waals surface area contributed by atoms with Gasteiger partial charge >= 0.3 is 5.97 Å². The van der Waals surface area contributed by atoms with Crippen LogP contribution < -0.4 is 0 Å². The number of rotatable bonds is 6. The number of aryl methyl sites for hydroxylation is 1. The maximum atomic E-state index is 13.7. The lowest BCUT2D eigenvalue weighted by atomic mass is 10.2. The van der Waals surface area contributed by atoms with Gasteiger partial charge in [0.05, 0.1) is 11.0 Å². The van der Waals surface area contributed by atoms with Crippen molar-refractivity contribution in [3.05, 3.63) is 71.5 Å². The van der Waals surface area contributed by atoms with Gasteiger partial charge in [0.15, 0.2) is 0 Å². The van der Waals surface area contributed by atoms with Crippen LogP contribution in [-0.4, -0.2) is 28.5 Å². The summed E-state index contributed by atoms with van der Waals surface area (Å²) in [6, 6.07) is 15.3. The van der Waals surface area contributed by atoms with E-state index in [1.807, 2.05) is 12.1 Å². The molecule has 4 rings (SSSR count). The number of carbonyl (C=O) groups is 1. The van der Waals surface area contributed by atoms with Crippen LogP contribution in [-0.2, 0) is 21.2 Å². The summed E-state index contributed by atoms with van der Waals surface area (Å²) in [6.07, 6.45) is 2.14. The zero-order valence-corrected chi connectivity index (χ0v) is 16.8. The number of para-hydroxylation sites is 1. The smallest absolute Gasteiger partial charge is 0.303 e. The molecule has 0 saturated carbocycles. The Bertz CT molecular complexity index is 1340. The first kappa shape index (κ1) is 19.4. The Kier molecular flexibility index (Phi) is 5.02. The molecule has 0 radical (unpaired) electrons. The van der Waals surface area contributed by atoms with Crippen LogP contribution in [0.15, 0.2) is 65.7 Å². The zero-order chi connectivity index (χ0) is 20.6. The summed E-state index contributed by atoms with van der Waals surface area (Å²) in [6.45, 7) is 0. The molecule has 29 heavy (non-hydrogen) atoms. The monoisotopic (exact) mass is 428 g/mol. The fraction of sp³-hybridized carbons (Fsp3) is 0.143. The molecule has 0 bridgehead atoms. The maximum Gasteiger partial charge on any atom is 0.303 e. The van der Waals surface area contributed by atoms with Crippen molar-refractivity contribution >= 4 is 49.4 Å². The molecule has 0 spiro atoms. The highest BCUT2D eigenvalue weighted by molar-refractivity contribution is 7.90. The van der Waals surface area contributed by atoms with Crippen molar-refractivity contribution in [2.75, 3.05) is 0 Å². The maximum absolute atomic E-state index is 13.7. The van der Waals surface area contributed by atoms with E-state index >= 15 is 0 Å². The van der Waals surface area contributed by atoms with E-state index in [0.29, 0.717) is 40.0 Å². The van der Waals surface area contributed by atoms with Crippen molar-refractivity contribution in [1.82, 2.24) is 8.96 Å². The van der Waals surface area contributed by atoms with E-state index in [1.165, 1.54) is 10.0 Å². The van der Waals surface area contributed by atoms with E-state index in [-0.39, 0.29) is 11.3 Å². The molecule has 0 unspecified atom stereocenters. The van der Waals surface area contributed by atoms with Gasteiger partial charge in [-0.1, -0.05) is 29.8 Å². The number of pyridine rings is 1. The van der Waals surface area contributed by atoms with Gasteiger partial charge in [-0.25, -0.2) is 12.4 Å². The molecule has 0 aliphatic heterocycles. The number of carboxylic acid groups (broad SMARTS) is 1. The molecule has 2 heterocycles. The Labute approximate surface area is 172 Å².